The zero-order valence-electron chi connectivity index (χ0n) is 12.4. The Labute approximate surface area is 116 Å². The number of nitrogens with one attached hydrogen (secondary N) is 1. The number of likely N-dealkylation sites (N-methyl/N-ethyl adjacent to an activating group) is 1. The van der Waals surface area contributed by atoms with E-state index in [1.165, 1.54) is 22.0 Å². The first-order valence-corrected chi connectivity index (χ1v) is 6.99. The van der Waals surface area contributed by atoms with Gasteiger partial charge in [-0.1, -0.05) is 38.1 Å². The van der Waals surface area contributed by atoms with Crippen molar-refractivity contribution in [2.75, 3.05) is 32.5 Å². The zero-order chi connectivity index (χ0) is 13.8. The minimum absolute atomic E-state index is 0.566. The summed E-state index contributed by atoms with van der Waals surface area (Å²) < 4.78 is 0. The van der Waals surface area contributed by atoms with Crippen LogP contribution in [0, 0.1) is 0 Å². The van der Waals surface area contributed by atoms with Gasteiger partial charge in [0, 0.05) is 18.8 Å². The highest BCUT2D eigenvalue weighted by Gasteiger charge is 2.05. The molecule has 2 rings (SSSR count). The second-order valence-electron chi connectivity index (χ2n) is 5.67. The lowest BCUT2D eigenvalue weighted by atomic mass is 9.96. The van der Waals surface area contributed by atoms with E-state index in [4.69, 9.17) is 0 Å². The van der Waals surface area contributed by atoms with E-state index < -0.39 is 0 Å². The molecule has 0 aliphatic carbocycles. The Morgan fingerprint density at radius 3 is 2.58 bits per heavy atom. The van der Waals surface area contributed by atoms with Gasteiger partial charge < -0.3 is 10.2 Å². The summed E-state index contributed by atoms with van der Waals surface area (Å²) >= 11 is 0. The Morgan fingerprint density at radius 1 is 1.11 bits per heavy atom. The third kappa shape index (κ3) is 3.48. The molecule has 0 atom stereocenters. The quantitative estimate of drug-likeness (QED) is 0.871. The Morgan fingerprint density at radius 2 is 1.89 bits per heavy atom. The summed E-state index contributed by atoms with van der Waals surface area (Å²) in [6, 6.07) is 13.2. The lowest BCUT2D eigenvalue weighted by Gasteiger charge is -2.13. The van der Waals surface area contributed by atoms with E-state index in [1.807, 2.05) is 0 Å². The molecule has 0 amide bonds. The van der Waals surface area contributed by atoms with Crippen LogP contribution in [0.2, 0.25) is 0 Å². The van der Waals surface area contributed by atoms with Crippen LogP contribution in [-0.4, -0.2) is 32.1 Å². The Kier molecular flexibility index (Phi) is 4.43. The third-order valence-corrected chi connectivity index (χ3v) is 3.42. The van der Waals surface area contributed by atoms with Crippen molar-refractivity contribution in [2.45, 2.75) is 19.8 Å². The molecule has 19 heavy (non-hydrogen) atoms. The van der Waals surface area contributed by atoms with Crippen LogP contribution in [0.25, 0.3) is 10.8 Å². The first-order chi connectivity index (χ1) is 9.08. The summed E-state index contributed by atoms with van der Waals surface area (Å²) in [6.07, 6.45) is 0. The number of hydrogen-bond donors (Lipinski definition) is 1. The number of nitrogens with zero attached hydrogens (tertiary/aromatic N) is 1. The predicted molar refractivity (Wildman–Crippen MR) is 85.1 cm³/mol. The maximum Gasteiger partial charge on any atom is 0.0347 e. The van der Waals surface area contributed by atoms with Crippen molar-refractivity contribution in [1.29, 1.82) is 0 Å². The largest absolute Gasteiger partial charge is 0.384 e. The van der Waals surface area contributed by atoms with Crippen LogP contribution in [0.3, 0.4) is 0 Å². The van der Waals surface area contributed by atoms with Crippen molar-refractivity contribution < 1.29 is 0 Å². The van der Waals surface area contributed by atoms with E-state index in [1.54, 1.807) is 0 Å². The second-order valence-corrected chi connectivity index (χ2v) is 5.67. The fourth-order valence-corrected chi connectivity index (χ4v) is 2.35. The van der Waals surface area contributed by atoms with Crippen molar-refractivity contribution in [2.24, 2.45) is 0 Å². The van der Waals surface area contributed by atoms with E-state index >= 15 is 0 Å². The van der Waals surface area contributed by atoms with Crippen LogP contribution < -0.4 is 5.32 Å². The molecular formula is C17H24N2. The van der Waals surface area contributed by atoms with Crippen molar-refractivity contribution in [3.8, 4) is 0 Å². The predicted octanol–water partition coefficient (Wildman–Crippen LogP) is 3.94. The highest BCUT2D eigenvalue weighted by molar-refractivity contribution is 5.88. The van der Waals surface area contributed by atoms with Gasteiger partial charge in [-0.05, 0) is 48.5 Å². The van der Waals surface area contributed by atoms with Crippen LogP contribution in [0.4, 0.5) is 5.69 Å². The summed E-state index contributed by atoms with van der Waals surface area (Å²) in [7, 11) is 4.19. The fourth-order valence-electron chi connectivity index (χ4n) is 2.35. The topological polar surface area (TPSA) is 15.3 Å². The number of rotatable bonds is 5. The number of hydrogen-bond acceptors (Lipinski definition) is 2. The highest BCUT2D eigenvalue weighted by Crippen LogP contribution is 2.27. The van der Waals surface area contributed by atoms with Gasteiger partial charge in [0.15, 0.2) is 0 Å². The molecule has 0 unspecified atom stereocenters. The third-order valence-electron chi connectivity index (χ3n) is 3.42. The molecule has 0 spiro atoms. The van der Waals surface area contributed by atoms with Crippen LogP contribution in [0.5, 0.6) is 0 Å². The molecule has 0 heterocycles. The van der Waals surface area contributed by atoms with Crippen LogP contribution >= 0.6 is 0 Å². The van der Waals surface area contributed by atoms with Gasteiger partial charge in [0.05, 0.1) is 0 Å². The minimum Gasteiger partial charge on any atom is -0.384 e. The van der Waals surface area contributed by atoms with Gasteiger partial charge in [0.25, 0.3) is 0 Å². The zero-order valence-corrected chi connectivity index (χ0v) is 12.4. The van der Waals surface area contributed by atoms with Crippen LogP contribution in [0.15, 0.2) is 36.4 Å². The van der Waals surface area contributed by atoms with Gasteiger partial charge in [-0.15, -0.1) is 0 Å². The molecule has 0 aliphatic rings. The van der Waals surface area contributed by atoms with Crippen molar-refractivity contribution in [3.05, 3.63) is 42.0 Å². The van der Waals surface area contributed by atoms with E-state index in [0.717, 1.165) is 13.1 Å². The number of benzene rings is 2. The normalized spacial score (nSPS) is 11.5. The molecule has 2 heteroatoms. The molecule has 0 aromatic heterocycles. The first-order valence-electron chi connectivity index (χ1n) is 6.99. The van der Waals surface area contributed by atoms with E-state index in [0.29, 0.717) is 5.92 Å². The van der Waals surface area contributed by atoms with E-state index in [2.05, 4.69) is 74.6 Å². The molecule has 0 bridgehead atoms. The van der Waals surface area contributed by atoms with Crippen LogP contribution in [-0.2, 0) is 0 Å². The molecule has 2 aromatic carbocycles. The Balaban J connectivity index is 2.22. The molecule has 0 fully saturated rings. The summed E-state index contributed by atoms with van der Waals surface area (Å²) in [5.74, 6) is 0.566. The molecule has 0 saturated carbocycles. The average molecular weight is 256 g/mol. The van der Waals surface area contributed by atoms with Crippen molar-refractivity contribution in [1.82, 2.24) is 4.90 Å². The summed E-state index contributed by atoms with van der Waals surface area (Å²) in [6.45, 7) is 6.52. The summed E-state index contributed by atoms with van der Waals surface area (Å²) in [5, 5.41) is 6.17. The summed E-state index contributed by atoms with van der Waals surface area (Å²) in [5.41, 5.74) is 2.63. The van der Waals surface area contributed by atoms with E-state index in [9.17, 15) is 0 Å². The monoisotopic (exact) mass is 256 g/mol. The molecule has 2 aromatic rings. The highest BCUT2D eigenvalue weighted by atomic mass is 15.1. The first kappa shape index (κ1) is 13.9. The molecule has 0 aliphatic heterocycles. The van der Waals surface area contributed by atoms with E-state index in [-0.39, 0.29) is 0 Å². The van der Waals surface area contributed by atoms with Crippen molar-refractivity contribution in [3.63, 3.8) is 0 Å². The van der Waals surface area contributed by atoms with Gasteiger partial charge in [-0.3, -0.25) is 0 Å². The fraction of sp³-hybridized carbons (Fsp3) is 0.412. The number of anilines is 1. The maximum absolute atomic E-state index is 3.48. The standard InChI is InChI=1S/C17H24N2/c1-13(2)16-7-5-6-14-12-15(8-9-17(14)16)18-10-11-19(3)4/h5-9,12-13,18H,10-11H2,1-4H3. The minimum atomic E-state index is 0.566. The van der Waals surface area contributed by atoms with Gasteiger partial charge in [0.2, 0.25) is 0 Å². The smallest absolute Gasteiger partial charge is 0.0347 e. The molecular weight excluding hydrogens is 232 g/mol. The Bertz CT molecular complexity index is 544. The van der Waals surface area contributed by atoms with Gasteiger partial charge >= 0.3 is 0 Å². The Hall–Kier alpha value is -1.54. The lowest BCUT2D eigenvalue weighted by Crippen LogP contribution is -2.20. The molecule has 102 valence electrons. The second kappa shape index (κ2) is 6.07. The van der Waals surface area contributed by atoms with Gasteiger partial charge in [0.1, 0.15) is 0 Å². The molecule has 0 radical (unpaired) electrons. The van der Waals surface area contributed by atoms with Gasteiger partial charge in [-0.2, -0.15) is 0 Å². The van der Waals surface area contributed by atoms with Gasteiger partial charge in [-0.25, -0.2) is 0 Å². The summed E-state index contributed by atoms with van der Waals surface area (Å²) in [4.78, 5) is 2.19. The average Bonchev–Trinajstić information content (AvgIpc) is 2.37. The molecule has 2 nitrogen and oxygen atoms in total. The number of fused-ring (bicyclic) bond motifs is 1. The molecule has 0 saturated heterocycles. The van der Waals surface area contributed by atoms with Crippen molar-refractivity contribution >= 4 is 16.5 Å². The maximum atomic E-state index is 3.48. The molecule has 1 N–H and O–H groups in total. The lowest BCUT2D eigenvalue weighted by molar-refractivity contribution is 0.425. The van der Waals surface area contributed by atoms with Crippen LogP contribution in [0.1, 0.15) is 25.3 Å². The SMILES string of the molecule is CC(C)c1cccc2cc(NCCN(C)C)ccc12.